The molecule has 2 atom stereocenters. The third kappa shape index (κ3) is 7.28. The molecule has 0 aliphatic carbocycles. The van der Waals surface area contributed by atoms with Gasteiger partial charge in [0.15, 0.2) is 9.84 Å². The molecule has 0 saturated carbocycles. The first-order valence-electron chi connectivity index (χ1n) is 7.25. The van der Waals surface area contributed by atoms with Crippen LogP contribution in [0.25, 0.3) is 0 Å². The Morgan fingerprint density at radius 1 is 0.842 bits per heavy atom. The van der Waals surface area contributed by atoms with E-state index in [0.717, 1.165) is 50.0 Å². The van der Waals surface area contributed by atoms with Crippen molar-refractivity contribution in [3.8, 4) is 0 Å². The molecule has 0 saturated heterocycles. The highest BCUT2D eigenvalue weighted by Crippen LogP contribution is 2.24. The van der Waals surface area contributed by atoms with E-state index in [1.165, 1.54) is 0 Å². The maximum atomic E-state index is 12.8. The molecule has 0 amide bonds. The van der Waals surface area contributed by atoms with Crippen molar-refractivity contribution >= 4 is 33.4 Å². The molecule has 0 aromatic rings. The highest BCUT2D eigenvalue weighted by atomic mass is 32.2. The third-order valence-corrected chi connectivity index (χ3v) is 7.95. The number of unbranched alkanes of at least 4 members (excludes halogenated alkanes) is 2. The number of rotatable bonds is 12. The molecule has 0 aliphatic heterocycles. The van der Waals surface area contributed by atoms with Crippen molar-refractivity contribution in [2.24, 2.45) is 0 Å². The molecule has 19 heavy (non-hydrogen) atoms. The van der Waals surface area contributed by atoms with Gasteiger partial charge in [-0.3, -0.25) is 0 Å². The van der Waals surface area contributed by atoms with Crippen molar-refractivity contribution in [3.05, 3.63) is 0 Å². The molecule has 0 aromatic heterocycles. The van der Waals surface area contributed by atoms with Crippen LogP contribution < -0.4 is 0 Å². The fourth-order valence-electron chi connectivity index (χ4n) is 2.19. The lowest BCUT2D eigenvalue weighted by atomic mass is 10.2. The Kier molecular flexibility index (Phi) is 11.7. The predicted molar refractivity (Wildman–Crippen MR) is 92.3 cm³/mol. The Hall–Kier alpha value is 0.650. The first-order chi connectivity index (χ1) is 9.04. The molecule has 0 aliphatic rings. The lowest BCUT2D eigenvalue weighted by Crippen LogP contribution is -2.35. The van der Waals surface area contributed by atoms with E-state index < -0.39 is 9.84 Å². The Labute approximate surface area is 128 Å². The summed E-state index contributed by atoms with van der Waals surface area (Å²) in [6.45, 7) is 4.25. The molecule has 0 fully saturated rings. The summed E-state index contributed by atoms with van der Waals surface area (Å²) in [7, 11) is -2.97. The van der Waals surface area contributed by atoms with Crippen LogP contribution in [0.2, 0.25) is 0 Å². The summed E-state index contributed by atoms with van der Waals surface area (Å²) in [6.07, 6.45) is 9.85. The average Bonchev–Trinajstić information content (AvgIpc) is 2.39. The van der Waals surface area contributed by atoms with Gasteiger partial charge in [-0.1, -0.05) is 39.5 Å². The predicted octanol–water partition coefficient (Wildman–Crippen LogP) is 4.24. The van der Waals surface area contributed by atoms with Crippen LogP contribution in [0.15, 0.2) is 0 Å². The molecular formula is C14H30O2S3. The van der Waals surface area contributed by atoms with Gasteiger partial charge in [0, 0.05) is 11.5 Å². The van der Waals surface area contributed by atoms with Crippen molar-refractivity contribution < 1.29 is 8.42 Å². The minimum absolute atomic E-state index is 0.142. The minimum Gasteiger partial charge on any atom is -0.228 e. The molecule has 0 heterocycles. The van der Waals surface area contributed by atoms with Crippen LogP contribution in [0.3, 0.4) is 0 Å². The largest absolute Gasteiger partial charge is 0.228 e. The third-order valence-electron chi connectivity index (χ3n) is 3.39. The topological polar surface area (TPSA) is 34.1 Å². The molecule has 0 bridgehead atoms. The summed E-state index contributed by atoms with van der Waals surface area (Å²) in [6, 6.07) is 0. The van der Waals surface area contributed by atoms with Crippen LogP contribution in [0.5, 0.6) is 0 Å². The van der Waals surface area contributed by atoms with Crippen LogP contribution in [0.1, 0.15) is 52.4 Å². The summed E-state index contributed by atoms with van der Waals surface area (Å²) in [5.74, 6) is 1.50. The molecule has 0 radical (unpaired) electrons. The Morgan fingerprint density at radius 2 is 1.21 bits per heavy atom. The van der Waals surface area contributed by atoms with E-state index in [1.54, 1.807) is 23.5 Å². The van der Waals surface area contributed by atoms with Crippen LogP contribution in [0, 0.1) is 0 Å². The molecule has 2 nitrogen and oxygen atoms in total. The van der Waals surface area contributed by atoms with Gasteiger partial charge in [0.25, 0.3) is 0 Å². The van der Waals surface area contributed by atoms with Gasteiger partial charge in [-0.25, -0.2) is 8.42 Å². The normalized spacial score (nSPS) is 15.4. The highest BCUT2D eigenvalue weighted by Gasteiger charge is 2.32. The highest BCUT2D eigenvalue weighted by molar-refractivity contribution is 8.01. The number of hydrogen-bond acceptors (Lipinski definition) is 4. The van der Waals surface area contributed by atoms with Gasteiger partial charge >= 0.3 is 0 Å². The second kappa shape index (κ2) is 11.3. The average molecular weight is 327 g/mol. The van der Waals surface area contributed by atoms with E-state index in [1.807, 2.05) is 12.5 Å². The molecule has 0 aromatic carbocycles. The summed E-state index contributed by atoms with van der Waals surface area (Å²) < 4.78 is 25.6. The SMILES string of the molecule is CCCCC(CSC)S(=O)(=O)C(CCCC)CSC. The molecule has 116 valence electrons. The second-order valence-corrected chi connectivity index (χ2v) is 9.36. The minimum atomic E-state index is -2.97. The number of hydrogen-bond donors (Lipinski definition) is 0. The van der Waals surface area contributed by atoms with E-state index in [4.69, 9.17) is 0 Å². The Bertz CT molecular complexity index is 278. The van der Waals surface area contributed by atoms with Crippen molar-refractivity contribution in [3.63, 3.8) is 0 Å². The van der Waals surface area contributed by atoms with E-state index in [-0.39, 0.29) is 10.5 Å². The molecule has 0 spiro atoms. The summed E-state index contributed by atoms with van der Waals surface area (Å²) in [5.41, 5.74) is 0. The molecular weight excluding hydrogens is 296 g/mol. The second-order valence-electron chi connectivity index (χ2n) is 5.03. The van der Waals surface area contributed by atoms with Crippen LogP contribution >= 0.6 is 23.5 Å². The quantitative estimate of drug-likeness (QED) is 0.537. The van der Waals surface area contributed by atoms with Gasteiger partial charge in [0.05, 0.1) is 10.5 Å². The molecule has 0 N–H and O–H groups in total. The fraction of sp³-hybridized carbons (Fsp3) is 1.00. The summed E-state index contributed by atoms with van der Waals surface area (Å²) >= 11 is 3.32. The lowest BCUT2D eigenvalue weighted by Gasteiger charge is -2.23. The monoisotopic (exact) mass is 326 g/mol. The van der Waals surface area contributed by atoms with Crippen LogP contribution in [-0.2, 0) is 9.84 Å². The smallest absolute Gasteiger partial charge is 0.157 e. The van der Waals surface area contributed by atoms with Gasteiger partial charge in [-0.15, -0.1) is 0 Å². The molecule has 2 unspecified atom stereocenters. The maximum Gasteiger partial charge on any atom is 0.157 e. The summed E-state index contributed by atoms with van der Waals surface area (Å²) in [4.78, 5) is 0. The zero-order valence-corrected chi connectivity index (χ0v) is 15.3. The van der Waals surface area contributed by atoms with Crippen molar-refractivity contribution in [2.75, 3.05) is 24.0 Å². The van der Waals surface area contributed by atoms with Gasteiger partial charge in [0.2, 0.25) is 0 Å². The fourth-order valence-corrected chi connectivity index (χ4v) is 7.14. The van der Waals surface area contributed by atoms with E-state index in [0.29, 0.717) is 0 Å². The summed E-state index contributed by atoms with van der Waals surface area (Å²) in [5, 5.41) is -0.284. The van der Waals surface area contributed by atoms with Crippen LogP contribution in [0.4, 0.5) is 0 Å². The van der Waals surface area contributed by atoms with Gasteiger partial charge in [-0.2, -0.15) is 23.5 Å². The van der Waals surface area contributed by atoms with Gasteiger partial charge in [0.1, 0.15) is 0 Å². The Morgan fingerprint density at radius 3 is 1.47 bits per heavy atom. The number of thioether (sulfide) groups is 2. The van der Waals surface area contributed by atoms with Crippen molar-refractivity contribution in [1.82, 2.24) is 0 Å². The standard InChI is InChI=1S/C14H30O2S3/c1-5-7-9-13(11-17-3)19(15,16)14(12-18-4)10-8-6-2/h13-14H,5-12H2,1-4H3. The number of sulfone groups is 1. The van der Waals surface area contributed by atoms with E-state index in [9.17, 15) is 8.42 Å². The Balaban J connectivity index is 4.86. The first kappa shape index (κ1) is 19.7. The molecule has 0 rings (SSSR count). The maximum absolute atomic E-state index is 12.8. The van der Waals surface area contributed by atoms with E-state index >= 15 is 0 Å². The van der Waals surface area contributed by atoms with Crippen LogP contribution in [-0.4, -0.2) is 42.9 Å². The molecule has 5 heteroatoms. The van der Waals surface area contributed by atoms with Crippen molar-refractivity contribution in [1.29, 1.82) is 0 Å². The van der Waals surface area contributed by atoms with Crippen molar-refractivity contribution in [2.45, 2.75) is 62.9 Å². The lowest BCUT2D eigenvalue weighted by molar-refractivity contribution is 0.552. The zero-order valence-electron chi connectivity index (χ0n) is 12.9. The first-order valence-corrected chi connectivity index (χ1v) is 11.6. The van der Waals surface area contributed by atoms with E-state index in [2.05, 4.69) is 13.8 Å². The van der Waals surface area contributed by atoms with Gasteiger partial charge in [-0.05, 0) is 25.4 Å². The van der Waals surface area contributed by atoms with Gasteiger partial charge < -0.3 is 0 Å². The zero-order chi connectivity index (χ0) is 14.7.